The normalized spacial score (nSPS) is 11.7. The molecule has 0 aliphatic carbocycles. The molecular formula is C26H35N5O. The molecule has 170 valence electrons. The van der Waals surface area contributed by atoms with Gasteiger partial charge in [-0.25, -0.2) is 4.98 Å². The van der Waals surface area contributed by atoms with Crippen molar-refractivity contribution in [1.29, 1.82) is 0 Å². The highest BCUT2D eigenvalue weighted by Gasteiger charge is 2.06. The smallest absolute Gasteiger partial charge is 0.191 e. The first kappa shape index (κ1) is 23.5. The van der Waals surface area contributed by atoms with Gasteiger partial charge < -0.3 is 19.9 Å². The molecule has 6 nitrogen and oxygen atoms in total. The topological polar surface area (TPSA) is 63.5 Å². The quantitative estimate of drug-likeness (QED) is 0.268. The van der Waals surface area contributed by atoms with Gasteiger partial charge in [-0.05, 0) is 34.6 Å². The Morgan fingerprint density at radius 2 is 1.91 bits per heavy atom. The number of nitrogens with zero attached hydrogens (tertiary/aromatic N) is 3. The summed E-state index contributed by atoms with van der Waals surface area (Å²) in [6.07, 6.45) is 6.58. The fourth-order valence-corrected chi connectivity index (χ4v) is 3.44. The lowest BCUT2D eigenvalue weighted by Gasteiger charge is -2.15. The Morgan fingerprint density at radius 3 is 2.62 bits per heavy atom. The number of aliphatic imine (C=N–C) groups is 1. The second-order valence-electron chi connectivity index (χ2n) is 8.26. The van der Waals surface area contributed by atoms with Crippen molar-refractivity contribution in [3.63, 3.8) is 0 Å². The van der Waals surface area contributed by atoms with Crippen molar-refractivity contribution < 1.29 is 4.74 Å². The predicted molar refractivity (Wildman–Crippen MR) is 132 cm³/mol. The zero-order chi connectivity index (χ0) is 22.6. The van der Waals surface area contributed by atoms with E-state index in [2.05, 4.69) is 87.6 Å². The fourth-order valence-electron chi connectivity index (χ4n) is 3.44. The van der Waals surface area contributed by atoms with E-state index >= 15 is 0 Å². The van der Waals surface area contributed by atoms with Gasteiger partial charge in [0.1, 0.15) is 0 Å². The first-order valence-electron chi connectivity index (χ1n) is 11.3. The number of guanidine groups is 1. The van der Waals surface area contributed by atoms with Crippen molar-refractivity contribution >= 4 is 5.96 Å². The summed E-state index contributed by atoms with van der Waals surface area (Å²) in [6, 6.07) is 17.2. The number of hydrogen-bond acceptors (Lipinski definition) is 3. The molecule has 1 heterocycles. The van der Waals surface area contributed by atoms with E-state index in [4.69, 9.17) is 4.74 Å². The second-order valence-corrected chi connectivity index (χ2v) is 8.26. The lowest BCUT2D eigenvalue weighted by molar-refractivity contribution is 0.108. The molecule has 3 aromatic rings. The number of nitrogens with one attached hydrogen (secondary N) is 2. The number of imidazole rings is 1. The Hall–Kier alpha value is -3.12. The third-order valence-electron chi connectivity index (χ3n) is 5.09. The van der Waals surface area contributed by atoms with Crippen LogP contribution in [0.3, 0.4) is 0 Å². The SMILES string of the molecule is CN=C(NCCCOCC(C)C)NCc1ccccc1-c1ccc(Cn2ccnc2)cc1. The highest BCUT2D eigenvalue weighted by Crippen LogP contribution is 2.24. The van der Waals surface area contributed by atoms with Gasteiger partial charge in [0.2, 0.25) is 0 Å². The maximum Gasteiger partial charge on any atom is 0.191 e. The molecule has 0 saturated heterocycles. The molecule has 0 radical (unpaired) electrons. The third kappa shape index (κ3) is 7.54. The van der Waals surface area contributed by atoms with Crippen molar-refractivity contribution in [2.24, 2.45) is 10.9 Å². The van der Waals surface area contributed by atoms with Crippen molar-refractivity contribution in [1.82, 2.24) is 20.2 Å². The number of ether oxygens (including phenoxy) is 1. The average Bonchev–Trinajstić information content (AvgIpc) is 3.32. The van der Waals surface area contributed by atoms with Gasteiger partial charge >= 0.3 is 0 Å². The second kappa shape index (κ2) is 12.7. The van der Waals surface area contributed by atoms with Crippen molar-refractivity contribution in [2.75, 3.05) is 26.8 Å². The highest BCUT2D eigenvalue weighted by molar-refractivity contribution is 5.80. The van der Waals surface area contributed by atoms with E-state index in [0.29, 0.717) is 12.5 Å². The molecule has 0 spiro atoms. The van der Waals surface area contributed by atoms with Crippen LogP contribution in [0.25, 0.3) is 11.1 Å². The molecule has 0 aliphatic rings. The summed E-state index contributed by atoms with van der Waals surface area (Å²) < 4.78 is 7.71. The Balaban J connectivity index is 1.53. The summed E-state index contributed by atoms with van der Waals surface area (Å²) in [4.78, 5) is 8.45. The van der Waals surface area contributed by atoms with Gasteiger partial charge in [0.05, 0.1) is 6.33 Å². The van der Waals surface area contributed by atoms with E-state index in [0.717, 1.165) is 38.7 Å². The monoisotopic (exact) mass is 433 g/mol. The van der Waals surface area contributed by atoms with E-state index in [-0.39, 0.29) is 0 Å². The van der Waals surface area contributed by atoms with Gasteiger partial charge in [-0.3, -0.25) is 4.99 Å². The predicted octanol–water partition coefficient (Wildman–Crippen LogP) is 4.33. The maximum atomic E-state index is 5.64. The molecule has 0 unspecified atom stereocenters. The van der Waals surface area contributed by atoms with E-state index in [9.17, 15) is 0 Å². The van der Waals surface area contributed by atoms with Crippen molar-refractivity contribution in [3.8, 4) is 11.1 Å². The fraction of sp³-hybridized carbons (Fsp3) is 0.385. The van der Waals surface area contributed by atoms with Crippen LogP contribution in [0.4, 0.5) is 0 Å². The molecular weight excluding hydrogens is 398 g/mol. The summed E-state index contributed by atoms with van der Waals surface area (Å²) in [5.74, 6) is 1.38. The molecule has 32 heavy (non-hydrogen) atoms. The van der Waals surface area contributed by atoms with Crippen molar-refractivity contribution in [3.05, 3.63) is 78.4 Å². The zero-order valence-corrected chi connectivity index (χ0v) is 19.4. The Labute approximate surface area is 191 Å². The van der Waals surface area contributed by atoms with Crippen LogP contribution >= 0.6 is 0 Å². The number of rotatable bonds is 11. The minimum Gasteiger partial charge on any atom is -0.381 e. The third-order valence-corrected chi connectivity index (χ3v) is 5.09. The standard InChI is InChI=1S/C26H35N5O/c1-21(2)19-32-16-6-13-29-26(27-3)30-17-24-7-4-5-8-25(24)23-11-9-22(10-12-23)18-31-15-14-28-20-31/h4-5,7-12,14-15,20-21H,6,13,16-19H2,1-3H3,(H2,27,29,30). The average molecular weight is 434 g/mol. The minimum atomic E-state index is 0.574. The Bertz CT molecular complexity index is 949. The largest absolute Gasteiger partial charge is 0.381 e. The summed E-state index contributed by atoms with van der Waals surface area (Å²) in [7, 11) is 1.80. The van der Waals surface area contributed by atoms with Crippen LogP contribution in [0, 0.1) is 5.92 Å². The molecule has 0 bridgehead atoms. The van der Waals surface area contributed by atoms with Gasteiger partial charge in [0, 0.05) is 52.3 Å². The summed E-state index contributed by atoms with van der Waals surface area (Å²) in [6.45, 7) is 8.27. The van der Waals surface area contributed by atoms with Crippen molar-refractivity contribution in [2.45, 2.75) is 33.4 Å². The summed E-state index contributed by atoms with van der Waals surface area (Å²) >= 11 is 0. The molecule has 0 aliphatic heterocycles. The molecule has 2 aromatic carbocycles. The first-order chi connectivity index (χ1) is 15.7. The van der Waals surface area contributed by atoms with Gasteiger partial charge in [-0.1, -0.05) is 62.4 Å². The molecule has 0 atom stereocenters. The minimum absolute atomic E-state index is 0.574. The Kier molecular flexibility index (Phi) is 9.32. The van der Waals surface area contributed by atoms with Crippen LogP contribution in [0.15, 0.2) is 72.2 Å². The van der Waals surface area contributed by atoms with Gasteiger partial charge in [-0.15, -0.1) is 0 Å². The van der Waals surface area contributed by atoms with Crippen LogP contribution in [-0.4, -0.2) is 42.3 Å². The molecule has 0 fully saturated rings. The van der Waals surface area contributed by atoms with Crippen LogP contribution in [0.1, 0.15) is 31.4 Å². The van der Waals surface area contributed by atoms with E-state index < -0.39 is 0 Å². The number of hydrogen-bond donors (Lipinski definition) is 2. The molecule has 1 aromatic heterocycles. The summed E-state index contributed by atoms with van der Waals surface area (Å²) in [5.41, 5.74) is 4.93. The lowest BCUT2D eigenvalue weighted by atomic mass is 9.98. The van der Waals surface area contributed by atoms with Gasteiger partial charge in [0.25, 0.3) is 0 Å². The molecule has 0 amide bonds. The summed E-state index contributed by atoms with van der Waals surface area (Å²) in [5, 5.41) is 6.80. The molecule has 6 heteroatoms. The first-order valence-corrected chi connectivity index (χ1v) is 11.3. The number of benzene rings is 2. The van der Waals surface area contributed by atoms with Crippen LogP contribution in [-0.2, 0) is 17.8 Å². The van der Waals surface area contributed by atoms with Gasteiger partial charge in [-0.2, -0.15) is 0 Å². The van der Waals surface area contributed by atoms with E-state index in [1.165, 1.54) is 22.3 Å². The lowest BCUT2D eigenvalue weighted by Crippen LogP contribution is -2.37. The molecule has 2 N–H and O–H groups in total. The number of aromatic nitrogens is 2. The maximum absolute atomic E-state index is 5.64. The van der Waals surface area contributed by atoms with Crippen LogP contribution in [0.2, 0.25) is 0 Å². The van der Waals surface area contributed by atoms with Crippen LogP contribution < -0.4 is 10.6 Å². The van der Waals surface area contributed by atoms with E-state index in [1.807, 2.05) is 12.5 Å². The molecule has 0 saturated carbocycles. The Morgan fingerprint density at radius 1 is 1.09 bits per heavy atom. The van der Waals surface area contributed by atoms with E-state index in [1.54, 1.807) is 13.2 Å². The molecule has 3 rings (SSSR count). The zero-order valence-electron chi connectivity index (χ0n) is 19.4. The highest BCUT2D eigenvalue weighted by atomic mass is 16.5. The van der Waals surface area contributed by atoms with Crippen LogP contribution in [0.5, 0.6) is 0 Å². The van der Waals surface area contributed by atoms with Gasteiger partial charge in [0.15, 0.2) is 5.96 Å².